The molecule has 0 aromatic rings. The lowest BCUT2D eigenvalue weighted by atomic mass is 9.96. The fourth-order valence-corrected chi connectivity index (χ4v) is 1.92. The number of hydrogen-bond donors (Lipinski definition) is 0. The predicted molar refractivity (Wildman–Crippen MR) is 52.7 cm³/mol. The highest BCUT2D eigenvalue weighted by atomic mass is 16.5. The molecule has 0 aromatic carbocycles. The van der Waals surface area contributed by atoms with Crippen molar-refractivity contribution in [2.75, 3.05) is 39.4 Å². The second-order valence-corrected chi connectivity index (χ2v) is 3.85. The largest absolute Gasteiger partial charge is 0.378 e. The first-order valence-corrected chi connectivity index (χ1v) is 5.02. The molecule has 0 N–H and O–H groups in total. The Morgan fingerprint density at radius 1 is 1.36 bits per heavy atom. The normalized spacial score (nSPS) is 23.1. The lowest BCUT2D eigenvalue weighted by molar-refractivity contribution is -0.123. The minimum Gasteiger partial charge on any atom is -0.378 e. The van der Waals surface area contributed by atoms with Crippen molar-refractivity contribution in [2.24, 2.45) is 5.92 Å². The summed E-state index contributed by atoms with van der Waals surface area (Å²) in [5.74, 6) is 0.471. The lowest BCUT2D eigenvalue weighted by Crippen LogP contribution is -2.50. The maximum atomic E-state index is 10.4. The first kappa shape index (κ1) is 9.52. The molecule has 0 atom stereocenters. The van der Waals surface area contributed by atoms with Gasteiger partial charge in [-0.1, -0.05) is 6.58 Å². The highest BCUT2D eigenvalue weighted by molar-refractivity contribution is 5.49. The van der Waals surface area contributed by atoms with E-state index in [2.05, 4.69) is 11.5 Å². The molecule has 0 aromatic heterocycles. The molecule has 1 amide bonds. The third-order valence-corrected chi connectivity index (χ3v) is 2.95. The maximum absolute atomic E-state index is 10.4. The summed E-state index contributed by atoms with van der Waals surface area (Å²) in [6, 6.07) is 0. The molecule has 0 spiro atoms. The number of amides is 1. The van der Waals surface area contributed by atoms with Crippen LogP contribution < -0.4 is 0 Å². The third kappa shape index (κ3) is 1.75. The van der Waals surface area contributed by atoms with Crippen LogP contribution in [0.2, 0.25) is 0 Å². The van der Waals surface area contributed by atoms with E-state index in [1.54, 1.807) is 4.90 Å². The summed E-state index contributed by atoms with van der Waals surface area (Å²) in [4.78, 5) is 14.4. The van der Waals surface area contributed by atoms with E-state index in [9.17, 15) is 4.79 Å². The summed E-state index contributed by atoms with van der Waals surface area (Å²) in [7, 11) is 0. The molecule has 0 unspecified atom stereocenters. The van der Waals surface area contributed by atoms with E-state index in [0.717, 1.165) is 45.8 Å². The van der Waals surface area contributed by atoms with Gasteiger partial charge < -0.3 is 14.5 Å². The molecular weight excluding hydrogens is 180 g/mol. The zero-order valence-electron chi connectivity index (χ0n) is 8.32. The van der Waals surface area contributed by atoms with Crippen molar-refractivity contribution in [3.8, 4) is 0 Å². The average molecular weight is 196 g/mol. The number of carbonyl (C=O) groups excluding carboxylic acids is 1. The average Bonchev–Trinajstić information content (AvgIpc) is 2.17. The number of likely N-dealkylation sites (tertiary alicyclic amines) is 1. The molecule has 78 valence electrons. The summed E-state index contributed by atoms with van der Waals surface area (Å²) in [5, 5.41) is 0. The lowest BCUT2D eigenvalue weighted by Gasteiger charge is -2.42. The fourth-order valence-electron chi connectivity index (χ4n) is 1.92. The number of ether oxygens (including phenoxy) is 1. The Morgan fingerprint density at radius 3 is 2.57 bits per heavy atom. The predicted octanol–water partition coefficient (Wildman–Crippen LogP) is -0.0795. The second kappa shape index (κ2) is 4.00. The van der Waals surface area contributed by atoms with Crippen molar-refractivity contribution < 1.29 is 9.53 Å². The first-order chi connectivity index (χ1) is 6.81. The summed E-state index contributed by atoms with van der Waals surface area (Å²) in [6.07, 6.45) is 0.906. The Kier molecular flexibility index (Phi) is 2.72. The number of morpholine rings is 1. The van der Waals surface area contributed by atoms with Gasteiger partial charge in [-0.15, -0.1) is 0 Å². The Hall–Kier alpha value is -1.03. The van der Waals surface area contributed by atoms with Gasteiger partial charge in [0.2, 0.25) is 6.41 Å². The third-order valence-electron chi connectivity index (χ3n) is 2.95. The van der Waals surface area contributed by atoms with Crippen LogP contribution in [0.3, 0.4) is 0 Å². The van der Waals surface area contributed by atoms with E-state index in [1.807, 2.05) is 0 Å². The van der Waals surface area contributed by atoms with Crippen LogP contribution in [0.5, 0.6) is 0 Å². The van der Waals surface area contributed by atoms with Crippen LogP contribution in [0, 0.1) is 5.92 Å². The zero-order chi connectivity index (χ0) is 9.97. The standard InChI is InChI=1S/C10H16N2O2/c1-9(10-6-11(7-10)8-13)12-2-4-14-5-3-12/h8,10H,1-7H2. The van der Waals surface area contributed by atoms with Crippen molar-refractivity contribution in [1.29, 1.82) is 0 Å². The quantitative estimate of drug-likeness (QED) is 0.592. The van der Waals surface area contributed by atoms with Crippen LogP contribution >= 0.6 is 0 Å². The SMILES string of the molecule is C=C(C1CN(C=O)C1)N1CCOCC1. The van der Waals surface area contributed by atoms with E-state index in [1.165, 1.54) is 5.70 Å². The van der Waals surface area contributed by atoms with Crippen LogP contribution in [-0.4, -0.2) is 55.6 Å². The van der Waals surface area contributed by atoms with Gasteiger partial charge in [0.25, 0.3) is 0 Å². The van der Waals surface area contributed by atoms with E-state index in [0.29, 0.717) is 5.92 Å². The maximum Gasteiger partial charge on any atom is 0.209 e. The molecule has 2 aliphatic heterocycles. The number of carbonyl (C=O) groups is 1. The van der Waals surface area contributed by atoms with Crippen LogP contribution in [0.1, 0.15) is 0 Å². The monoisotopic (exact) mass is 196 g/mol. The van der Waals surface area contributed by atoms with Crippen LogP contribution in [-0.2, 0) is 9.53 Å². The minimum absolute atomic E-state index is 0.471. The van der Waals surface area contributed by atoms with Crippen LogP contribution in [0.4, 0.5) is 0 Å². The van der Waals surface area contributed by atoms with Gasteiger partial charge in [-0.05, 0) is 0 Å². The van der Waals surface area contributed by atoms with Crippen molar-refractivity contribution >= 4 is 6.41 Å². The number of hydrogen-bond acceptors (Lipinski definition) is 3. The molecule has 0 bridgehead atoms. The van der Waals surface area contributed by atoms with Gasteiger partial charge in [-0.2, -0.15) is 0 Å². The van der Waals surface area contributed by atoms with Gasteiger partial charge in [0.05, 0.1) is 13.2 Å². The molecule has 2 saturated heterocycles. The van der Waals surface area contributed by atoms with Gasteiger partial charge in [0.15, 0.2) is 0 Å². The van der Waals surface area contributed by atoms with Crippen molar-refractivity contribution in [2.45, 2.75) is 0 Å². The summed E-state index contributed by atoms with van der Waals surface area (Å²) in [5.41, 5.74) is 1.17. The van der Waals surface area contributed by atoms with E-state index < -0.39 is 0 Å². The van der Waals surface area contributed by atoms with E-state index >= 15 is 0 Å². The Balaban J connectivity index is 1.80. The Morgan fingerprint density at radius 2 is 2.00 bits per heavy atom. The highest BCUT2D eigenvalue weighted by Crippen LogP contribution is 2.24. The fraction of sp³-hybridized carbons (Fsp3) is 0.700. The molecule has 2 aliphatic rings. The molecule has 14 heavy (non-hydrogen) atoms. The molecule has 2 heterocycles. The molecule has 0 radical (unpaired) electrons. The van der Waals surface area contributed by atoms with Gasteiger partial charge >= 0.3 is 0 Å². The molecule has 0 saturated carbocycles. The second-order valence-electron chi connectivity index (χ2n) is 3.85. The molecule has 4 nitrogen and oxygen atoms in total. The topological polar surface area (TPSA) is 32.8 Å². The molecule has 2 rings (SSSR count). The van der Waals surface area contributed by atoms with Gasteiger partial charge in [0, 0.05) is 37.8 Å². The zero-order valence-corrected chi connectivity index (χ0v) is 8.32. The summed E-state index contributed by atoms with van der Waals surface area (Å²) < 4.78 is 5.27. The molecule has 2 fully saturated rings. The van der Waals surface area contributed by atoms with Crippen molar-refractivity contribution in [1.82, 2.24) is 9.80 Å². The molecular formula is C10H16N2O2. The van der Waals surface area contributed by atoms with Crippen molar-refractivity contribution in [3.05, 3.63) is 12.3 Å². The summed E-state index contributed by atoms with van der Waals surface area (Å²) in [6.45, 7) is 9.23. The number of nitrogens with zero attached hydrogens (tertiary/aromatic N) is 2. The molecule has 0 aliphatic carbocycles. The van der Waals surface area contributed by atoms with Gasteiger partial charge in [-0.25, -0.2) is 0 Å². The highest BCUT2D eigenvalue weighted by Gasteiger charge is 2.30. The van der Waals surface area contributed by atoms with Crippen LogP contribution in [0.15, 0.2) is 12.3 Å². The Bertz CT molecular complexity index is 230. The minimum atomic E-state index is 0.471. The van der Waals surface area contributed by atoms with E-state index in [-0.39, 0.29) is 0 Å². The number of rotatable bonds is 3. The smallest absolute Gasteiger partial charge is 0.209 e. The Labute approximate surface area is 84.1 Å². The van der Waals surface area contributed by atoms with Crippen LogP contribution in [0.25, 0.3) is 0 Å². The first-order valence-electron chi connectivity index (χ1n) is 5.02. The van der Waals surface area contributed by atoms with E-state index in [4.69, 9.17) is 4.74 Å². The van der Waals surface area contributed by atoms with Gasteiger partial charge in [-0.3, -0.25) is 4.79 Å². The summed E-state index contributed by atoms with van der Waals surface area (Å²) >= 11 is 0. The van der Waals surface area contributed by atoms with Crippen molar-refractivity contribution in [3.63, 3.8) is 0 Å². The molecule has 4 heteroatoms. The van der Waals surface area contributed by atoms with Gasteiger partial charge in [0.1, 0.15) is 0 Å².